The van der Waals surface area contributed by atoms with Gasteiger partial charge in [-0.05, 0) is 13.3 Å². The van der Waals surface area contributed by atoms with Crippen LogP contribution < -0.4 is 0 Å². The molecule has 0 atom stereocenters. The van der Waals surface area contributed by atoms with Gasteiger partial charge in [0.05, 0.1) is 15.6 Å². The Balaban J connectivity index is 2.92. The first-order chi connectivity index (χ1) is 5.27. The van der Waals surface area contributed by atoms with Gasteiger partial charge in [-0.2, -0.15) is 0 Å². The SMILES string of the molecule is CCCc1nc(C)sc1C=O. The van der Waals surface area contributed by atoms with Crippen LogP contribution in [0.5, 0.6) is 0 Å². The summed E-state index contributed by atoms with van der Waals surface area (Å²) in [4.78, 5) is 15.5. The molecule has 0 aliphatic heterocycles. The molecule has 0 spiro atoms. The first-order valence-corrected chi connectivity index (χ1v) is 4.51. The molecule has 1 aromatic heterocycles. The molecule has 0 unspecified atom stereocenters. The summed E-state index contributed by atoms with van der Waals surface area (Å²) in [5, 5.41) is 0.982. The van der Waals surface area contributed by atoms with E-state index < -0.39 is 0 Å². The van der Waals surface area contributed by atoms with Crippen LogP contribution in [-0.2, 0) is 6.42 Å². The predicted octanol–water partition coefficient (Wildman–Crippen LogP) is 2.22. The molecule has 60 valence electrons. The molecule has 0 radical (unpaired) electrons. The van der Waals surface area contributed by atoms with E-state index in [0.717, 1.165) is 34.7 Å². The van der Waals surface area contributed by atoms with E-state index in [0.29, 0.717) is 0 Å². The van der Waals surface area contributed by atoms with E-state index in [4.69, 9.17) is 0 Å². The Morgan fingerprint density at radius 2 is 2.36 bits per heavy atom. The van der Waals surface area contributed by atoms with Gasteiger partial charge in [-0.1, -0.05) is 13.3 Å². The van der Waals surface area contributed by atoms with Crippen molar-refractivity contribution in [3.05, 3.63) is 15.6 Å². The van der Waals surface area contributed by atoms with Crippen LogP contribution in [0.25, 0.3) is 0 Å². The Labute approximate surface area is 70.3 Å². The molecular weight excluding hydrogens is 158 g/mol. The van der Waals surface area contributed by atoms with E-state index in [1.165, 1.54) is 11.3 Å². The normalized spacial score (nSPS) is 10.0. The zero-order valence-electron chi connectivity index (χ0n) is 6.76. The minimum atomic E-state index is 0.796. The molecule has 0 amide bonds. The number of hydrogen-bond donors (Lipinski definition) is 0. The Morgan fingerprint density at radius 1 is 1.64 bits per heavy atom. The lowest BCUT2D eigenvalue weighted by molar-refractivity contribution is 0.112. The van der Waals surface area contributed by atoms with Crippen molar-refractivity contribution >= 4 is 17.6 Å². The van der Waals surface area contributed by atoms with E-state index in [1.807, 2.05) is 6.92 Å². The van der Waals surface area contributed by atoms with Crippen LogP contribution in [0.1, 0.15) is 33.7 Å². The van der Waals surface area contributed by atoms with E-state index in [-0.39, 0.29) is 0 Å². The Hall–Kier alpha value is -0.700. The van der Waals surface area contributed by atoms with Crippen LogP contribution in [0.3, 0.4) is 0 Å². The van der Waals surface area contributed by atoms with Crippen molar-refractivity contribution in [1.29, 1.82) is 0 Å². The summed E-state index contributed by atoms with van der Waals surface area (Å²) in [6.07, 6.45) is 2.86. The molecule has 1 aromatic rings. The van der Waals surface area contributed by atoms with Crippen molar-refractivity contribution in [2.75, 3.05) is 0 Å². The van der Waals surface area contributed by atoms with Crippen LogP contribution >= 0.6 is 11.3 Å². The number of carbonyl (C=O) groups excluding carboxylic acids is 1. The van der Waals surface area contributed by atoms with Gasteiger partial charge in [-0.25, -0.2) is 4.98 Å². The topological polar surface area (TPSA) is 30.0 Å². The van der Waals surface area contributed by atoms with Gasteiger partial charge in [0.15, 0.2) is 6.29 Å². The fourth-order valence-corrected chi connectivity index (χ4v) is 1.78. The van der Waals surface area contributed by atoms with E-state index >= 15 is 0 Å². The smallest absolute Gasteiger partial charge is 0.161 e. The van der Waals surface area contributed by atoms with Gasteiger partial charge >= 0.3 is 0 Å². The number of rotatable bonds is 3. The van der Waals surface area contributed by atoms with Crippen LogP contribution in [0, 0.1) is 6.92 Å². The second-order valence-electron chi connectivity index (χ2n) is 2.41. The predicted molar refractivity (Wildman–Crippen MR) is 46.2 cm³/mol. The fourth-order valence-electron chi connectivity index (χ4n) is 0.994. The molecule has 3 heteroatoms. The Bertz CT molecular complexity index is 255. The molecule has 11 heavy (non-hydrogen) atoms. The summed E-state index contributed by atoms with van der Waals surface area (Å²) >= 11 is 1.48. The fraction of sp³-hybridized carbons (Fsp3) is 0.500. The van der Waals surface area contributed by atoms with E-state index in [2.05, 4.69) is 11.9 Å². The summed E-state index contributed by atoms with van der Waals surface area (Å²) in [5.74, 6) is 0. The van der Waals surface area contributed by atoms with Gasteiger partial charge < -0.3 is 0 Å². The molecule has 0 aliphatic carbocycles. The van der Waals surface area contributed by atoms with Crippen molar-refractivity contribution in [3.8, 4) is 0 Å². The Morgan fingerprint density at radius 3 is 2.91 bits per heavy atom. The van der Waals surface area contributed by atoms with Crippen molar-refractivity contribution < 1.29 is 4.79 Å². The molecule has 1 rings (SSSR count). The minimum absolute atomic E-state index is 0.796. The molecule has 0 aromatic carbocycles. The minimum Gasteiger partial charge on any atom is -0.297 e. The number of hydrogen-bond acceptors (Lipinski definition) is 3. The molecule has 0 aliphatic rings. The summed E-state index contributed by atoms with van der Waals surface area (Å²) < 4.78 is 0. The van der Waals surface area contributed by atoms with Crippen molar-refractivity contribution in [2.45, 2.75) is 26.7 Å². The second kappa shape index (κ2) is 3.62. The van der Waals surface area contributed by atoms with Gasteiger partial charge in [0.2, 0.25) is 0 Å². The summed E-state index contributed by atoms with van der Waals surface area (Å²) in [5.41, 5.74) is 0.963. The van der Waals surface area contributed by atoms with Crippen molar-refractivity contribution in [1.82, 2.24) is 4.98 Å². The first kappa shape index (κ1) is 8.40. The standard InChI is InChI=1S/C8H11NOS/c1-3-4-7-8(5-10)11-6(2)9-7/h5H,3-4H2,1-2H3. The molecule has 0 N–H and O–H groups in total. The van der Waals surface area contributed by atoms with Gasteiger partial charge in [0.25, 0.3) is 0 Å². The summed E-state index contributed by atoms with van der Waals surface area (Å²) in [6, 6.07) is 0. The number of thiazole rings is 1. The molecule has 1 heterocycles. The molecule has 2 nitrogen and oxygen atoms in total. The van der Waals surface area contributed by atoms with Crippen molar-refractivity contribution in [2.24, 2.45) is 0 Å². The monoisotopic (exact) mass is 169 g/mol. The van der Waals surface area contributed by atoms with Crippen LogP contribution in [0.4, 0.5) is 0 Å². The lowest BCUT2D eigenvalue weighted by atomic mass is 10.2. The molecule has 0 bridgehead atoms. The Kier molecular flexibility index (Phi) is 2.76. The third-order valence-electron chi connectivity index (χ3n) is 1.43. The highest BCUT2D eigenvalue weighted by Gasteiger charge is 2.05. The number of aldehydes is 1. The maximum absolute atomic E-state index is 10.5. The van der Waals surface area contributed by atoms with Gasteiger partial charge in [-0.15, -0.1) is 11.3 Å². The lowest BCUT2D eigenvalue weighted by Gasteiger charge is -1.90. The number of aromatic nitrogens is 1. The first-order valence-electron chi connectivity index (χ1n) is 3.69. The highest BCUT2D eigenvalue weighted by Crippen LogP contribution is 2.16. The number of carbonyl (C=O) groups is 1. The second-order valence-corrected chi connectivity index (χ2v) is 3.65. The maximum atomic E-state index is 10.5. The average Bonchev–Trinajstić information content (AvgIpc) is 2.32. The molecule has 0 saturated heterocycles. The van der Waals surface area contributed by atoms with Gasteiger partial charge in [0.1, 0.15) is 0 Å². The summed E-state index contributed by atoms with van der Waals surface area (Å²) in [7, 11) is 0. The zero-order valence-corrected chi connectivity index (χ0v) is 7.57. The molecular formula is C8H11NOS. The van der Waals surface area contributed by atoms with Gasteiger partial charge in [0, 0.05) is 0 Å². The van der Waals surface area contributed by atoms with E-state index in [9.17, 15) is 4.79 Å². The summed E-state index contributed by atoms with van der Waals surface area (Å²) in [6.45, 7) is 4.01. The van der Waals surface area contributed by atoms with Crippen LogP contribution in [0.15, 0.2) is 0 Å². The van der Waals surface area contributed by atoms with E-state index in [1.54, 1.807) is 0 Å². The maximum Gasteiger partial charge on any atom is 0.161 e. The van der Waals surface area contributed by atoms with Crippen molar-refractivity contribution in [3.63, 3.8) is 0 Å². The van der Waals surface area contributed by atoms with Crippen LogP contribution in [-0.4, -0.2) is 11.3 Å². The number of nitrogens with zero attached hydrogens (tertiary/aromatic N) is 1. The lowest BCUT2D eigenvalue weighted by Crippen LogP contribution is -1.87. The third-order valence-corrected chi connectivity index (χ3v) is 2.37. The number of aryl methyl sites for hydroxylation is 2. The third kappa shape index (κ3) is 1.87. The van der Waals surface area contributed by atoms with Crippen LogP contribution in [0.2, 0.25) is 0 Å². The quantitative estimate of drug-likeness (QED) is 0.649. The zero-order chi connectivity index (χ0) is 8.27. The molecule has 0 saturated carbocycles. The molecule has 0 fully saturated rings. The highest BCUT2D eigenvalue weighted by atomic mass is 32.1. The highest BCUT2D eigenvalue weighted by molar-refractivity contribution is 7.13. The largest absolute Gasteiger partial charge is 0.297 e. The average molecular weight is 169 g/mol. The van der Waals surface area contributed by atoms with Gasteiger partial charge in [-0.3, -0.25) is 4.79 Å².